The van der Waals surface area contributed by atoms with Crippen molar-refractivity contribution in [2.24, 2.45) is 13.0 Å². The predicted octanol–water partition coefficient (Wildman–Crippen LogP) is 2.53. The van der Waals surface area contributed by atoms with Gasteiger partial charge in [-0.3, -0.25) is 9.59 Å². The molecule has 8 heteroatoms. The van der Waals surface area contributed by atoms with Crippen molar-refractivity contribution in [3.63, 3.8) is 0 Å². The van der Waals surface area contributed by atoms with E-state index in [0.29, 0.717) is 39.3 Å². The van der Waals surface area contributed by atoms with Crippen molar-refractivity contribution in [2.75, 3.05) is 26.3 Å². The van der Waals surface area contributed by atoms with Crippen LogP contribution in [0.25, 0.3) is 11.0 Å². The van der Waals surface area contributed by atoms with Gasteiger partial charge in [-0.2, -0.15) is 0 Å². The normalized spacial score (nSPS) is 18.7. The Kier molecular flexibility index (Phi) is 5.50. The van der Waals surface area contributed by atoms with Crippen molar-refractivity contribution in [3.05, 3.63) is 51.5 Å². The molecule has 1 N–H and O–H groups in total. The maximum atomic E-state index is 12.9. The van der Waals surface area contributed by atoms with E-state index in [1.54, 1.807) is 11.3 Å². The molecule has 1 aromatic carbocycles. The molecule has 1 saturated heterocycles. The third-order valence-electron chi connectivity index (χ3n) is 6.26. The number of rotatable bonds is 4. The average molecular weight is 439 g/mol. The van der Waals surface area contributed by atoms with E-state index >= 15 is 0 Å². The summed E-state index contributed by atoms with van der Waals surface area (Å²) in [5.74, 6) is 0.929. The van der Waals surface area contributed by atoms with Gasteiger partial charge < -0.3 is 19.5 Å². The highest BCUT2D eigenvalue weighted by Crippen LogP contribution is 2.33. The summed E-state index contributed by atoms with van der Waals surface area (Å²) >= 11 is 1.59. The molecule has 1 fully saturated rings. The number of hydrogen-bond donors (Lipinski definition) is 1. The summed E-state index contributed by atoms with van der Waals surface area (Å²) in [7, 11) is 1.97. The van der Waals surface area contributed by atoms with Crippen molar-refractivity contribution in [1.29, 1.82) is 0 Å². The van der Waals surface area contributed by atoms with Gasteiger partial charge in [-0.05, 0) is 43.0 Å². The first kappa shape index (κ1) is 20.2. The van der Waals surface area contributed by atoms with Gasteiger partial charge in [-0.15, -0.1) is 11.3 Å². The quantitative estimate of drug-likeness (QED) is 0.679. The summed E-state index contributed by atoms with van der Waals surface area (Å²) in [4.78, 5) is 34.2. The van der Waals surface area contributed by atoms with E-state index in [4.69, 9.17) is 4.74 Å². The number of hydrogen-bond acceptors (Lipinski definition) is 5. The fourth-order valence-corrected chi connectivity index (χ4v) is 5.62. The molecule has 7 nitrogen and oxygen atoms in total. The first-order valence-electron chi connectivity index (χ1n) is 10.8. The highest BCUT2D eigenvalue weighted by atomic mass is 32.1. The summed E-state index contributed by atoms with van der Waals surface area (Å²) < 4.78 is 7.37. The lowest BCUT2D eigenvalue weighted by molar-refractivity contribution is -0.125. The molecule has 2 amide bonds. The van der Waals surface area contributed by atoms with Crippen molar-refractivity contribution >= 4 is 34.2 Å². The number of nitrogens with zero attached hydrogens (tertiary/aromatic N) is 3. The zero-order valence-corrected chi connectivity index (χ0v) is 18.4. The second kappa shape index (κ2) is 8.43. The Morgan fingerprint density at radius 2 is 2.06 bits per heavy atom. The Balaban J connectivity index is 1.22. The fraction of sp³-hybridized carbons (Fsp3) is 0.435. The van der Waals surface area contributed by atoms with E-state index in [-0.39, 0.29) is 17.7 Å². The zero-order valence-electron chi connectivity index (χ0n) is 17.6. The molecule has 3 aromatic rings. The first-order valence-corrected chi connectivity index (χ1v) is 11.6. The van der Waals surface area contributed by atoms with E-state index in [1.165, 1.54) is 4.88 Å². The average Bonchev–Trinajstić information content (AvgIpc) is 3.38. The van der Waals surface area contributed by atoms with Crippen LogP contribution in [0.2, 0.25) is 0 Å². The molecule has 0 spiro atoms. The Morgan fingerprint density at radius 1 is 1.26 bits per heavy atom. The number of ether oxygens (including phenoxy) is 1. The standard InChI is InChI=1S/C23H26N4O3S/c1-26-18-5-3-2-4-17(18)25-21(26)14-24-22(28)15-6-7-19-16(12-15)13-20(31-19)23(29)27-8-10-30-11-9-27/h2-5,13,15H,6-12,14H2,1H3,(H,24,28). The Morgan fingerprint density at radius 3 is 2.87 bits per heavy atom. The number of aryl methyl sites for hydroxylation is 2. The minimum absolute atomic E-state index is 0.0601. The fourth-order valence-electron chi connectivity index (χ4n) is 4.44. The van der Waals surface area contributed by atoms with Crippen LogP contribution < -0.4 is 5.32 Å². The predicted molar refractivity (Wildman–Crippen MR) is 119 cm³/mol. The van der Waals surface area contributed by atoms with Gasteiger partial charge in [0.15, 0.2) is 0 Å². The topological polar surface area (TPSA) is 76.5 Å². The van der Waals surface area contributed by atoms with Crippen LogP contribution in [0.4, 0.5) is 0 Å². The van der Waals surface area contributed by atoms with Crippen LogP contribution in [0.1, 0.15) is 32.4 Å². The minimum Gasteiger partial charge on any atom is -0.378 e. The third-order valence-corrected chi connectivity index (χ3v) is 7.49. The van der Waals surface area contributed by atoms with Gasteiger partial charge in [0, 0.05) is 30.9 Å². The summed E-state index contributed by atoms with van der Waals surface area (Å²) in [5, 5.41) is 3.07. The Hall–Kier alpha value is -2.71. The number of para-hydroxylation sites is 2. The molecule has 3 heterocycles. The molecule has 1 atom stereocenters. The molecule has 0 saturated carbocycles. The number of nitrogens with one attached hydrogen (secondary N) is 1. The summed E-state index contributed by atoms with van der Waals surface area (Å²) in [6.07, 6.45) is 2.35. The van der Waals surface area contributed by atoms with Crippen LogP contribution in [0, 0.1) is 5.92 Å². The number of amides is 2. The minimum atomic E-state index is -0.0666. The highest BCUT2D eigenvalue weighted by Gasteiger charge is 2.29. The number of carbonyl (C=O) groups excluding carboxylic acids is 2. The maximum absolute atomic E-state index is 12.9. The van der Waals surface area contributed by atoms with Crippen LogP contribution in [0.3, 0.4) is 0 Å². The zero-order chi connectivity index (χ0) is 21.4. The summed E-state index contributed by atoms with van der Waals surface area (Å²) in [6, 6.07) is 9.97. The van der Waals surface area contributed by atoms with E-state index < -0.39 is 0 Å². The second-order valence-electron chi connectivity index (χ2n) is 8.20. The smallest absolute Gasteiger partial charge is 0.264 e. The van der Waals surface area contributed by atoms with E-state index in [9.17, 15) is 9.59 Å². The maximum Gasteiger partial charge on any atom is 0.264 e. The molecule has 2 aromatic heterocycles. The van der Waals surface area contributed by atoms with Gasteiger partial charge in [0.2, 0.25) is 5.91 Å². The molecule has 0 bridgehead atoms. The molecule has 162 valence electrons. The summed E-state index contributed by atoms with van der Waals surface area (Å²) in [5.41, 5.74) is 3.15. The van der Waals surface area contributed by atoms with E-state index in [0.717, 1.165) is 40.1 Å². The van der Waals surface area contributed by atoms with Crippen LogP contribution in [-0.2, 0) is 36.0 Å². The SMILES string of the molecule is Cn1c(CNC(=O)C2CCc3sc(C(=O)N4CCOCC4)cc3C2)nc2ccccc21. The number of aromatic nitrogens is 2. The lowest BCUT2D eigenvalue weighted by atomic mass is 9.87. The van der Waals surface area contributed by atoms with Gasteiger partial charge in [-0.25, -0.2) is 4.98 Å². The Bertz CT molecular complexity index is 1130. The summed E-state index contributed by atoms with van der Waals surface area (Å²) in [6.45, 7) is 2.91. The number of morpholine rings is 1. The largest absolute Gasteiger partial charge is 0.378 e. The van der Waals surface area contributed by atoms with Crippen LogP contribution in [0.15, 0.2) is 30.3 Å². The van der Waals surface area contributed by atoms with Gasteiger partial charge in [0.05, 0.1) is 35.7 Å². The lowest BCUT2D eigenvalue weighted by Crippen LogP contribution is -2.40. The number of fused-ring (bicyclic) bond motifs is 2. The second-order valence-corrected chi connectivity index (χ2v) is 9.33. The highest BCUT2D eigenvalue weighted by molar-refractivity contribution is 7.14. The van der Waals surface area contributed by atoms with Gasteiger partial charge in [0.1, 0.15) is 5.82 Å². The molecule has 1 unspecified atom stereocenters. The molecule has 1 aliphatic carbocycles. The third kappa shape index (κ3) is 3.97. The lowest BCUT2D eigenvalue weighted by Gasteiger charge is -2.26. The molecule has 0 radical (unpaired) electrons. The molecule has 5 rings (SSSR count). The number of benzene rings is 1. The molecule has 2 aliphatic rings. The Labute approximate surface area is 185 Å². The van der Waals surface area contributed by atoms with Gasteiger partial charge >= 0.3 is 0 Å². The van der Waals surface area contributed by atoms with Crippen molar-refractivity contribution in [1.82, 2.24) is 19.8 Å². The first-order chi connectivity index (χ1) is 15.1. The molecule has 1 aliphatic heterocycles. The van der Waals surface area contributed by atoms with Crippen LogP contribution >= 0.6 is 11.3 Å². The van der Waals surface area contributed by atoms with Crippen LogP contribution in [-0.4, -0.2) is 52.6 Å². The van der Waals surface area contributed by atoms with Crippen LogP contribution in [0.5, 0.6) is 0 Å². The van der Waals surface area contributed by atoms with E-state index in [2.05, 4.69) is 10.3 Å². The molecular weight excluding hydrogens is 412 g/mol. The molecule has 31 heavy (non-hydrogen) atoms. The van der Waals surface area contributed by atoms with Crippen molar-refractivity contribution in [2.45, 2.75) is 25.8 Å². The number of thiophene rings is 1. The van der Waals surface area contributed by atoms with Crippen molar-refractivity contribution in [3.8, 4) is 0 Å². The van der Waals surface area contributed by atoms with E-state index in [1.807, 2.05) is 46.8 Å². The number of carbonyl (C=O) groups is 2. The van der Waals surface area contributed by atoms with Gasteiger partial charge in [0.25, 0.3) is 5.91 Å². The monoisotopic (exact) mass is 438 g/mol. The van der Waals surface area contributed by atoms with Crippen molar-refractivity contribution < 1.29 is 14.3 Å². The molecular formula is C23H26N4O3S. The number of imidazole rings is 1. The van der Waals surface area contributed by atoms with Gasteiger partial charge in [-0.1, -0.05) is 12.1 Å².